The molecule has 1 fully saturated rings. The fourth-order valence-electron chi connectivity index (χ4n) is 3.08. The van der Waals surface area contributed by atoms with Crippen molar-refractivity contribution in [2.75, 3.05) is 40.3 Å². The average Bonchev–Trinajstić information content (AvgIpc) is 2.48. The minimum Gasteiger partial charge on any atom is -0.394 e. The fraction of sp³-hybridized carbons (Fsp3) is 0.625. The van der Waals surface area contributed by atoms with Crippen LogP contribution in [0.5, 0.6) is 0 Å². The van der Waals surface area contributed by atoms with Gasteiger partial charge in [-0.05, 0) is 39.0 Å². The highest BCUT2D eigenvalue weighted by Gasteiger charge is 2.31. The molecule has 0 aliphatic carbocycles. The van der Waals surface area contributed by atoms with Gasteiger partial charge in [-0.2, -0.15) is 0 Å². The van der Waals surface area contributed by atoms with Gasteiger partial charge in [-0.15, -0.1) is 0 Å². The Morgan fingerprint density at radius 2 is 2.10 bits per heavy atom. The van der Waals surface area contributed by atoms with Gasteiger partial charge in [-0.1, -0.05) is 30.3 Å². The molecule has 2 rings (SSSR count). The van der Waals surface area contributed by atoms with Crippen LogP contribution in [0, 0.1) is 0 Å². The molecule has 1 heterocycles. The molecule has 1 aliphatic heterocycles. The second-order valence-electron chi connectivity index (χ2n) is 6.15. The van der Waals surface area contributed by atoms with Crippen molar-refractivity contribution < 1.29 is 5.11 Å². The minimum absolute atomic E-state index is 0.0378. The smallest absolute Gasteiger partial charge is 0.0772 e. The van der Waals surface area contributed by atoms with E-state index in [-0.39, 0.29) is 6.61 Å². The van der Waals surface area contributed by atoms with Crippen LogP contribution in [0.1, 0.15) is 18.4 Å². The van der Waals surface area contributed by atoms with Gasteiger partial charge in [0.1, 0.15) is 0 Å². The predicted molar refractivity (Wildman–Crippen MR) is 82.5 cm³/mol. The van der Waals surface area contributed by atoms with Crippen LogP contribution >= 0.6 is 0 Å². The number of hydrogen-bond donors (Lipinski definition) is 2. The van der Waals surface area contributed by atoms with Gasteiger partial charge in [0.2, 0.25) is 0 Å². The van der Waals surface area contributed by atoms with Crippen molar-refractivity contribution in [2.45, 2.75) is 24.4 Å². The summed E-state index contributed by atoms with van der Waals surface area (Å²) in [7, 11) is 4.28. The maximum absolute atomic E-state index is 9.78. The minimum atomic E-state index is -0.688. The number of nitrogens with zero attached hydrogens (tertiary/aromatic N) is 2. The molecule has 1 saturated heterocycles. The molecule has 0 aromatic heterocycles. The first-order chi connectivity index (χ1) is 9.55. The highest BCUT2D eigenvalue weighted by atomic mass is 16.3. The Labute approximate surface area is 122 Å². The Morgan fingerprint density at radius 1 is 1.40 bits per heavy atom. The Bertz CT molecular complexity index is 411. The third kappa shape index (κ3) is 3.58. The monoisotopic (exact) mass is 277 g/mol. The molecule has 1 aromatic rings. The molecule has 0 amide bonds. The molecule has 1 aromatic carbocycles. The van der Waals surface area contributed by atoms with Gasteiger partial charge >= 0.3 is 0 Å². The van der Waals surface area contributed by atoms with Gasteiger partial charge < -0.3 is 15.7 Å². The number of aliphatic hydroxyl groups excluding tert-OH is 1. The largest absolute Gasteiger partial charge is 0.394 e. The fourth-order valence-corrected chi connectivity index (χ4v) is 3.08. The molecule has 0 bridgehead atoms. The van der Waals surface area contributed by atoms with Gasteiger partial charge in [0.05, 0.1) is 12.1 Å². The average molecular weight is 277 g/mol. The second kappa shape index (κ2) is 6.68. The lowest BCUT2D eigenvalue weighted by Crippen LogP contribution is -2.54. The van der Waals surface area contributed by atoms with E-state index in [9.17, 15) is 5.11 Å². The highest BCUT2D eigenvalue weighted by molar-refractivity contribution is 5.24. The van der Waals surface area contributed by atoms with E-state index < -0.39 is 5.54 Å². The lowest BCUT2D eigenvalue weighted by molar-refractivity contribution is 0.0886. The highest BCUT2D eigenvalue weighted by Crippen LogP contribution is 2.22. The van der Waals surface area contributed by atoms with Crippen molar-refractivity contribution in [1.29, 1.82) is 0 Å². The number of hydrogen-bond acceptors (Lipinski definition) is 4. The molecule has 2 unspecified atom stereocenters. The van der Waals surface area contributed by atoms with E-state index in [1.807, 2.05) is 30.3 Å². The molecule has 3 N–H and O–H groups in total. The van der Waals surface area contributed by atoms with Crippen molar-refractivity contribution in [2.24, 2.45) is 5.73 Å². The van der Waals surface area contributed by atoms with Crippen LogP contribution in [0.15, 0.2) is 30.3 Å². The number of nitrogens with two attached hydrogens (primary N) is 1. The van der Waals surface area contributed by atoms with Crippen LogP contribution in [0.2, 0.25) is 0 Å². The summed E-state index contributed by atoms with van der Waals surface area (Å²) in [6.45, 7) is 2.89. The van der Waals surface area contributed by atoms with E-state index in [1.165, 1.54) is 19.4 Å². The maximum atomic E-state index is 9.78. The van der Waals surface area contributed by atoms with Gasteiger partial charge in [-0.25, -0.2) is 0 Å². The summed E-state index contributed by atoms with van der Waals surface area (Å²) >= 11 is 0. The number of aliphatic hydroxyl groups is 1. The van der Waals surface area contributed by atoms with Crippen LogP contribution in [0.4, 0.5) is 0 Å². The molecular weight excluding hydrogens is 250 g/mol. The molecule has 4 heteroatoms. The van der Waals surface area contributed by atoms with Gasteiger partial charge in [0, 0.05) is 19.1 Å². The van der Waals surface area contributed by atoms with Crippen LogP contribution in [0.3, 0.4) is 0 Å². The van der Waals surface area contributed by atoms with Crippen LogP contribution in [0.25, 0.3) is 0 Å². The third-order valence-corrected chi connectivity index (χ3v) is 4.39. The molecule has 1 aliphatic rings. The molecule has 4 nitrogen and oxygen atoms in total. The molecule has 0 radical (unpaired) electrons. The van der Waals surface area contributed by atoms with E-state index in [2.05, 4.69) is 23.9 Å². The summed E-state index contributed by atoms with van der Waals surface area (Å²) in [5.74, 6) is 0. The number of likely N-dealkylation sites (N-methyl/N-ethyl adjacent to an activating group) is 2. The first kappa shape index (κ1) is 15.4. The Hall–Kier alpha value is -0.940. The van der Waals surface area contributed by atoms with Crippen molar-refractivity contribution in [3.63, 3.8) is 0 Å². The molecule has 20 heavy (non-hydrogen) atoms. The summed E-state index contributed by atoms with van der Waals surface area (Å²) in [6.07, 6.45) is 2.44. The Balaban J connectivity index is 2.05. The number of benzene rings is 1. The Morgan fingerprint density at radius 3 is 2.70 bits per heavy atom. The topological polar surface area (TPSA) is 52.7 Å². The first-order valence-corrected chi connectivity index (χ1v) is 7.39. The van der Waals surface area contributed by atoms with E-state index >= 15 is 0 Å². The van der Waals surface area contributed by atoms with E-state index in [1.54, 1.807) is 0 Å². The number of likely N-dealkylation sites (tertiary alicyclic amines) is 1. The van der Waals surface area contributed by atoms with Gasteiger partial charge in [-0.3, -0.25) is 4.90 Å². The zero-order valence-electron chi connectivity index (χ0n) is 12.6. The third-order valence-electron chi connectivity index (χ3n) is 4.39. The number of piperidine rings is 1. The van der Waals surface area contributed by atoms with Crippen LogP contribution in [-0.4, -0.2) is 61.3 Å². The van der Waals surface area contributed by atoms with Crippen molar-refractivity contribution >= 4 is 0 Å². The van der Waals surface area contributed by atoms with Crippen molar-refractivity contribution in [3.8, 4) is 0 Å². The SMILES string of the molecule is CN1CCCC(N(C)CC(N)(CO)c2ccccc2)C1. The Kier molecular flexibility index (Phi) is 5.16. The normalized spacial score (nSPS) is 23.8. The zero-order valence-corrected chi connectivity index (χ0v) is 12.6. The van der Waals surface area contributed by atoms with E-state index in [0.717, 1.165) is 12.1 Å². The van der Waals surface area contributed by atoms with Gasteiger partial charge in [0.25, 0.3) is 0 Å². The lowest BCUT2D eigenvalue weighted by Gasteiger charge is -2.40. The second-order valence-corrected chi connectivity index (χ2v) is 6.15. The first-order valence-electron chi connectivity index (χ1n) is 7.39. The maximum Gasteiger partial charge on any atom is 0.0772 e. The molecular formula is C16H27N3O. The van der Waals surface area contributed by atoms with Crippen LogP contribution in [-0.2, 0) is 5.54 Å². The van der Waals surface area contributed by atoms with E-state index in [4.69, 9.17) is 5.73 Å². The predicted octanol–water partition coefficient (Wildman–Crippen LogP) is 0.859. The summed E-state index contributed by atoms with van der Waals surface area (Å²) < 4.78 is 0. The van der Waals surface area contributed by atoms with Gasteiger partial charge in [0.15, 0.2) is 0 Å². The summed E-state index contributed by atoms with van der Waals surface area (Å²) in [5, 5.41) is 9.78. The number of rotatable bonds is 5. The summed E-state index contributed by atoms with van der Waals surface area (Å²) in [6, 6.07) is 10.4. The molecule has 112 valence electrons. The van der Waals surface area contributed by atoms with Crippen LogP contribution < -0.4 is 5.73 Å². The quantitative estimate of drug-likeness (QED) is 0.838. The summed E-state index contributed by atoms with van der Waals surface area (Å²) in [4.78, 5) is 4.67. The molecule has 2 atom stereocenters. The standard InChI is InChI=1S/C16H27N3O/c1-18-10-6-9-15(11-18)19(2)12-16(17,13-20)14-7-4-3-5-8-14/h3-5,7-8,15,20H,6,9-13,17H2,1-2H3. The van der Waals surface area contributed by atoms with E-state index in [0.29, 0.717) is 12.6 Å². The molecule has 0 spiro atoms. The zero-order chi connectivity index (χ0) is 14.6. The lowest BCUT2D eigenvalue weighted by atomic mass is 9.90. The molecule has 0 saturated carbocycles. The summed E-state index contributed by atoms with van der Waals surface area (Å²) in [5.41, 5.74) is 6.77. The van der Waals surface area contributed by atoms with Crippen molar-refractivity contribution in [1.82, 2.24) is 9.80 Å². The van der Waals surface area contributed by atoms with Crippen molar-refractivity contribution in [3.05, 3.63) is 35.9 Å².